The molecule has 0 aromatic carbocycles. The van der Waals surface area contributed by atoms with Gasteiger partial charge in [-0.05, 0) is 52.4 Å². The van der Waals surface area contributed by atoms with Crippen LogP contribution in [-0.2, 0) is 9.53 Å². The summed E-state index contributed by atoms with van der Waals surface area (Å²) in [5, 5.41) is 2.59. The summed E-state index contributed by atoms with van der Waals surface area (Å²) in [5.41, 5.74) is -0.534. The van der Waals surface area contributed by atoms with Crippen molar-refractivity contribution in [1.29, 1.82) is 0 Å². The molecule has 0 spiro atoms. The summed E-state index contributed by atoms with van der Waals surface area (Å²) < 4.78 is 5.12. The lowest BCUT2D eigenvalue weighted by Crippen LogP contribution is -2.42. The van der Waals surface area contributed by atoms with Crippen molar-refractivity contribution in [3.05, 3.63) is 0 Å². The fourth-order valence-corrected chi connectivity index (χ4v) is 1.89. The van der Waals surface area contributed by atoms with Crippen LogP contribution < -0.4 is 5.32 Å². The van der Waals surface area contributed by atoms with E-state index in [0.29, 0.717) is 18.3 Å². The van der Waals surface area contributed by atoms with Gasteiger partial charge in [-0.15, -0.1) is 0 Å². The van der Waals surface area contributed by atoms with Crippen LogP contribution in [0, 0.1) is 11.8 Å². The van der Waals surface area contributed by atoms with E-state index in [9.17, 15) is 9.59 Å². The molecular weight excluding hydrogens is 230 g/mol. The number of carbonyl (C=O) groups excluding carboxylic acids is 2. The Morgan fingerprint density at radius 1 is 1.28 bits per heavy atom. The van der Waals surface area contributed by atoms with Crippen LogP contribution in [0.1, 0.15) is 53.9 Å². The topological polar surface area (TPSA) is 55.4 Å². The molecular formula is C14H25NO3. The summed E-state index contributed by atoms with van der Waals surface area (Å²) >= 11 is 0. The van der Waals surface area contributed by atoms with E-state index >= 15 is 0 Å². The van der Waals surface area contributed by atoms with Crippen LogP contribution in [0.2, 0.25) is 0 Å². The maximum Gasteiger partial charge on any atom is 0.408 e. The van der Waals surface area contributed by atoms with Crippen LogP contribution in [-0.4, -0.2) is 23.5 Å². The highest BCUT2D eigenvalue weighted by Gasteiger charge is 2.30. The van der Waals surface area contributed by atoms with Crippen LogP contribution in [0.3, 0.4) is 0 Å². The van der Waals surface area contributed by atoms with Gasteiger partial charge in [-0.1, -0.05) is 6.92 Å². The molecule has 1 rings (SSSR count). The Hall–Kier alpha value is -1.06. The number of carbonyl (C=O) groups is 2. The second kappa shape index (κ2) is 5.72. The van der Waals surface area contributed by atoms with Crippen molar-refractivity contribution in [2.75, 3.05) is 0 Å². The molecule has 1 amide bonds. The molecule has 1 saturated carbocycles. The van der Waals surface area contributed by atoms with Gasteiger partial charge in [-0.2, -0.15) is 0 Å². The molecule has 0 radical (unpaired) electrons. The molecule has 0 aromatic heterocycles. The molecule has 0 heterocycles. The zero-order valence-electron chi connectivity index (χ0n) is 12.1. The van der Waals surface area contributed by atoms with Crippen molar-refractivity contribution in [1.82, 2.24) is 5.32 Å². The molecule has 2 unspecified atom stereocenters. The van der Waals surface area contributed by atoms with E-state index in [1.807, 2.05) is 0 Å². The average molecular weight is 255 g/mol. The summed E-state index contributed by atoms with van der Waals surface area (Å²) in [6.07, 6.45) is 2.49. The first-order chi connectivity index (χ1) is 8.19. The van der Waals surface area contributed by atoms with Crippen molar-refractivity contribution < 1.29 is 14.3 Å². The zero-order chi connectivity index (χ0) is 13.9. The van der Waals surface area contributed by atoms with Gasteiger partial charge < -0.3 is 10.1 Å². The maximum absolute atomic E-state index is 11.9. The third-order valence-electron chi connectivity index (χ3n) is 3.17. The van der Waals surface area contributed by atoms with Crippen molar-refractivity contribution in [2.24, 2.45) is 11.8 Å². The first-order valence-corrected chi connectivity index (χ1v) is 6.71. The number of alkyl carbamates (subject to hydrolysis) is 1. The second-order valence-electron chi connectivity index (χ2n) is 6.35. The molecule has 1 fully saturated rings. The normalized spacial score (nSPS) is 18.9. The van der Waals surface area contributed by atoms with Gasteiger partial charge in [0.2, 0.25) is 0 Å². The number of Topliss-reactive ketones (excluding diaryl/α,β-unsaturated/α-hetero) is 1. The number of hydrogen-bond acceptors (Lipinski definition) is 3. The lowest BCUT2D eigenvalue weighted by molar-refractivity contribution is -0.121. The Kier molecular flexibility index (Phi) is 4.77. The highest BCUT2D eigenvalue weighted by Crippen LogP contribution is 2.38. The largest absolute Gasteiger partial charge is 0.444 e. The number of rotatable bonds is 5. The fraction of sp³-hybridized carbons (Fsp3) is 0.857. The minimum absolute atomic E-state index is 0.0836. The van der Waals surface area contributed by atoms with Crippen molar-refractivity contribution in [3.63, 3.8) is 0 Å². The predicted octanol–water partition coefficient (Wildman–Crippen LogP) is 2.90. The zero-order valence-corrected chi connectivity index (χ0v) is 12.1. The predicted molar refractivity (Wildman–Crippen MR) is 70.3 cm³/mol. The Balaban J connectivity index is 2.32. The molecule has 2 atom stereocenters. The van der Waals surface area contributed by atoms with E-state index in [2.05, 4.69) is 12.2 Å². The summed E-state index contributed by atoms with van der Waals surface area (Å²) in [6, 6.07) is -0.471. The summed E-state index contributed by atoms with van der Waals surface area (Å²) in [4.78, 5) is 23.4. The molecule has 1 N–H and O–H groups in total. The Bertz CT molecular complexity index is 315. The summed E-state index contributed by atoms with van der Waals surface area (Å²) in [5.74, 6) is 1.23. The number of ether oxygens (including phenoxy) is 1. The van der Waals surface area contributed by atoms with Gasteiger partial charge in [0.05, 0.1) is 6.04 Å². The van der Waals surface area contributed by atoms with E-state index < -0.39 is 17.7 Å². The molecule has 1 aliphatic rings. The minimum atomic E-state index is -0.534. The van der Waals surface area contributed by atoms with Gasteiger partial charge in [0.15, 0.2) is 5.78 Å². The van der Waals surface area contributed by atoms with Gasteiger partial charge in [0.1, 0.15) is 5.60 Å². The van der Waals surface area contributed by atoms with Crippen LogP contribution in [0.4, 0.5) is 4.79 Å². The highest BCUT2D eigenvalue weighted by molar-refractivity contribution is 5.87. The summed E-state index contributed by atoms with van der Waals surface area (Å²) in [7, 11) is 0. The van der Waals surface area contributed by atoms with E-state index in [0.717, 1.165) is 0 Å². The van der Waals surface area contributed by atoms with Gasteiger partial charge in [0.25, 0.3) is 0 Å². The quantitative estimate of drug-likeness (QED) is 0.821. The molecule has 0 aliphatic heterocycles. The smallest absolute Gasteiger partial charge is 0.408 e. The maximum atomic E-state index is 11.9. The van der Waals surface area contributed by atoms with E-state index in [1.165, 1.54) is 12.8 Å². The van der Waals surface area contributed by atoms with Crippen molar-refractivity contribution in [2.45, 2.75) is 65.5 Å². The molecule has 0 saturated heterocycles. The van der Waals surface area contributed by atoms with Crippen LogP contribution in [0.5, 0.6) is 0 Å². The van der Waals surface area contributed by atoms with Crippen LogP contribution in [0.25, 0.3) is 0 Å². The number of hydrogen-bond donors (Lipinski definition) is 1. The monoisotopic (exact) mass is 255 g/mol. The summed E-state index contributed by atoms with van der Waals surface area (Å²) in [6.45, 7) is 9.22. The number of amides is 1. The Morgan fingerprint density at radius 3 is 2.28 bits per heavy atom. The van der Waals surface area contributed by atoms with Crippen LogP contribution in [0.15, 0.2) is 0 Å². The molecule has 104 valence electrons. The molecule has 1 aliphatic carbocycles. The standard InChI is InChI=1S/C14H25NO3/c1-9(11-6-7-11)8-12(16)10(2)15-13(17)18-14(3,4)5/h9-11H,6-8H2,1-5H3,(H,15,17). The lowest BCUT2D eigenvalue weighted by atomic mass is 9.97. The molecule has 0 aromatic rings. The van der Waals surface area contributed by atoms with E-state index in [4.69, 9.17) is 4.74 Å². The lowest BCUT2D eigenvalue weighted by Gasteiger charge is -2.22. The van der Waals surface area contributed by atoms with Gasteiger partial charge in [-0.3, -0.25) is 4.79 Å². The molecule has 4 nitrogen and oxygen atoms in total. The molecule has 4 heteroatoms. The third kappa shape index (κ3) is 5.52. The van der Waals surface area contributed by atoms with Gasteiger partial charge in [-0.25, -0.2) is 4.79 Å². The molecule has 0 bridgehead atoms. The van der Waals surface area contributed by atoms with E-state index in [1.54, 1.807) is 27.7 Å². The van der Waals surface area contributed by atoms with Crippen LogP contribution >= 0.6 is 0 Å². The Labute approximate surface area is 109 Å². The Morgan fingerprint density at radius 2 is 1.83 bits per heavy atom. The second-order valence-corrected chi connectivity index (χ2v) is 6.35. The van der Waals surface area contributed by atoms with Crippen molar-refractivity contribution >= 4 is 11.9 Å². The van der Waals surface area contributed by atoms with Gasteiger partial charge >= 0.3 is 6.09 Å². The van der Waals surface area contributed by atoms with E-state index in [-0.39, 0.29) is 5.78 Å². The fourth-order valence-electron chi connectivity index (χ4n) is 1.89. The SMILES string of the molecule is CC(NC(=O)OC(C)(C)C)C(=O)CC(C)C1CC1. The van der Waals surface area contributed by atoms with Crippen molar-refractivity contribution in [3.8, 4) is 0 Å². The first-order valence-electron chi connectivity index (χ1n) is 6.71. The third-order valence-corrected chi connectivity index (χ3v) is 3.17. The number of ketones is 1. The molecule has 18 heavy (non-hydrogen) atoms. The average Bonchev–Trinajstić information content (AvgIpc) is 2.96. The van der Waals surface area contributed by atoms with Gasteiger partial charge in [0, 0.05) is 6.42 Å². The number of nitrogens with one attached hydrogen (secondary N) is 1. The first kappa shape index (κ1) is 15.0. The minimum Gasteiger partial charge on any atom is -0.444 e. The highest BCUT2D eigenvalue weighted by atomic mass is 16.6.